The van der Waals surface area contributed by atoms with Gasteiger partial charge in [0.2, 0.25) is 5.91 Å². The molecule has 6 aromatic rings. The number of anilines is 1. The molecule has 7 heteroatoms. The summed E-state index contributed by atoms with van der Waals surface area (Å²) in [7, 11) is 0. The van der Waals surface area contributed by atoms with E-state index in [-0.39, 0.29) is 5.91 Å². The standard InChI is InChI=1S/C26H19N5OS/c1-16(25(32)30-26-29-21(15-33-26)17-9-3-2-4-10-17)31-22-14-8-5-11-18(22)23-24(31)28-20-13-7-6-12-19(20)27-23/h2-16H,1H3,(H,29,30,32). The molecular formula is C26H19N5OS. The first-order valence-electron chi connectivity index (χ1n) is 10.7. The van der Waals surface area contributed by atoms with Crippen LogP contribution in [0.15, 0.2) is 84.2 Å². The lowest BCUT2D eigenvalue weighted by Crippen LogP contribution is -2.23. The van der Waals surface area contributed by atoms with Crippen LogP contribution in [0.5, 0.6) is 0 Å². The van der Waals surface area contributed by atoms with Crippen LogP contribution < -0.4 is 5.32 Å². The van der Waals surface area contributed by atoms with E-state index < -0.39 is 6.04 Å². The SMILES string of the molecule is CC(C(=O)Nc1nc(-c2ccccc2)cs1)n1c2ccccc2c2nc3ccccc3nc21. The Kier molecular flexibility index (Phi) is 4.62. The van der Waals surface area contributed by atoms with Crippen LogP contribution in [0.1, 0.15) is 13.0 Å². The molecule has 6 nitrogen and oxygen atoms in total. The summed E-state index contributed by atoms with van der Waals surface area (Å²) in [4.78, 5) is 27.6. The molecule has 0 fully saturated rings. The maximum atomic E-state index is 13.3. The van der Waals surface area contributed by atoms with Crippen LogP contribution in [-0.2, 0) is 4.79 Å². The number of rotatable bonds is 4. The highest BCUT2D eigenvalue weighted by atomic mass is 32.1. The molecule has 0 aliphatic carbocycles. The molecule has 1 atom stereocenters. The summed E-state index contributed by atoms with van der Waals surface area (Å²) in [6, 6.07) is 25.2. The molecular weight excluding hydrogens is 430 g/mol. The van der Waals surface area contributed by atoms with Crippen LogP contribution in [0.3, 0.4) is 0 Å². The summed E-state index contributed by atoms with van der Waals surface area (Å²) in [6.45, 7) is 1.88. The smallest absolute Gasteiger partial charge is 0.249 e. The number of benzene rings is 3. The zero-order valence-electron chi connectivity index (χ0n) is 17.8. The van der Waals surface area contributed by atoms with Crippen molar-refractivity contribution in [2.75, 3.05) is 5.32 Å². The second-order valence-corrected chi connectivity index (χ2v) is 8.70. The van der Waals surface area contributed by atoms with Crippen LogP contribution in [-0.4, -0.2) is 25.4 Å². The van der Waals surface area contributed by atoms with Crippen molar-refractivity contribution in [1.82, 2.24) is 19.5 Å². The first-order valence-corrected chi connectivity index (χ1v) is 11.5. The van der Waals surface area contributed by atoms with Gasteiger partial charge in [0.15, 0.2) is 10.8 Å². The van der Waals surface area contributed by atoms with Crippen molar-refractivity contribution >= 4 is 55.5 Å². The third kappa shape index (κ3) is 3.34. The zero-order chi connectivity index (χ0) is 22.4. The first-order chi connectivity index (χ1) is 16.2. The van der Waals surface area contributed by atoms with Gasteiger partial charge in [-0.1, -0.05) is 60.7 Å². The summed E-state index contributed by atoms with van der Waals surface area (Å²) in [6.07, 6.45) is 0. The Morgan fingerprint density at radius 2 is 1.58 bits per heavy atom. The quantitative estimate of drug-likeness (QED) is 0.355. The van der Waals surface area contributed by atoms with Gasteiger partial charge in [-0.3, -0.25) is 4.79 Å². The topological polar surface area (TPSA) is 72.7 Å². The average molecular weight is 450 g/mol. The fourth-order valence-electron chi connectivity index (χ4n) is 4.13. The van der Waals surface area contributed by atoms with Crippen LogP contribution in [0.25, 0.3) is 44.4 Å². The molecule has 0 aliphatic heterocycles. The van der Waals surface area contributed by atoms with Gasteiger partial charge in [0.05, 0.1) is 22.2 Å². The van der Waals surface area contributed by atoms with Gasteiger partial charge >= 0.3 is 0 Å². The van der Waals surface area contributed by atoms with E-state index in [2.05, 4.69) is 10.3 Å². The van der Waals surface area contributed by atoms with Gasteiger partial charge in [0.1, 0.15) is 11.6 Å². The summed E-state index contributed by atoms with van der Waals surface area (Å²) in [5.41, 5.74) is 5.92. The van der Waals surface area contributed by atoms with Gasteiger partial charge in [-0.2, -0.15) is 0 Å². The van der Waals surface area contributed by atoms with E-state index in [9.17, 15) is 4.79 Å². The minimum absolute atomic E-state index is 0.151. The molecule has 1 amide bonds. The monoisotopic (exact) mass is 449 g/mol. The zero-order valence-corrected chi connectivity index (χ0v) is 18.6. The molecule has 3 aromatic heterocycles. The number of nitrogens with one attached hydrogen (secondary N) is 1. The number of aromatic nitrogens is 4. The van der Waals surface area contributed by atoms with Crippen molar-refractivity contribution in [3.63, 3.8) is 0 Å². The van der Waals surface area contributed by atoms with Crippen molar-refractivity contribution in [2.45, 2.75) is 13.0 Å². The lowest BCUT2D eigenvalue weighted by molar-refractivity contribution is -0.118. The molecule has 0 saturated heterocycles. The van der Waals surface area contributed by atoms with E-state index in [1.165, 1.54) is 11.3 Å². The van der Waals surface area contributed by atoms with Gasteiger partial charge in [-0.05, 0) is 25.1 Å². The maximum absolute atomic E-state index is 13.3. The molecule has 0 radical (unpaired) electrons. The number of hydrogen-bond acceptors (Lipinski definition) is 5. The van der Waals surface area contributed by atoms with E-state index in [4.69, 9.17) is 9.97 Å². The molecule has 0 spiro atoms. The van der Waals surface area contributed by atoms with Crippen molar-refractivity contribution < 1.29 is 4.79 Å². The summed E-state index contributed by atoms with van der Waals surface area (Å²) < 4.78 is 1.96. The lowest BCUT2D eigenvalue weighted by atomic mass is 10.2. The number of nitrogens with zero attached hydrogens (tertiary/aromatic N) is 4. The van der Waals surface area contributed by atoms with Gasteiger partial charge in [-0.15, -0.1) is 11.3 Å². The van der Waals surface area contributed by atoms with Gasteiger partial charge in [-0.25, -0.2) is 15.0 Å². The molecule has 6 rings (SSSR count). The fourth-order valence-corrected chi connectivity index (χ4v) is 4.85. The van der Waals surface area contributed by atoms with E-state index in [1.54, 1.807) is 0 Å². The molecule has 33 heavy (non-hydrogen) atoms. The highest BCUT2D eigenvalue weighted by Gasteiger charge is 2.23. The molecule has 3 aromatic carbocycles. The number of carbonyl (C=O) groups excluding carboxylic acids is 1. The predicted octanol–water partition coefficient (Wildman–Crippen LogP) is 6.06. The fraction of sp³-hybridized carbons (Fsp3) is 0.0769. The molecule has 0 bridgehead atoms. The van der Waals surface area contributed by atoms with Crippen LogP contribution >= 0.6 is 11.3 Å². The molecule has 0 saturated carbocycles. The van der Waals surface area contributed by atoms with Crippen molar-refractivity contribution in [1.29, 1.82) is 0 Å². The second kappa shape index (κ2) is 7.79. The minimum Gasteiger partial charge on any atom is -0.312 e. The second-order valence-electron chi connectivity index (χ2n) is 7.84. The third-order valence-electron chi connectivity index (χ3n) is 5.77. The van der Waals surface area contributed by atoms with Crippen molar-refractivity contribution in [3.8, 4) is 11.3 Å². The van der Waals surface area contributed by atoms with E-state index in [1.807, 2.05) is 95.7 Å². The Labute approximate surface area is 193 Å². The molecule has 160 valence electrons. The highest BCUT2D eigenvalue weighted by Crippen LogP contribution is 2.32. The van der Waals surface area contributed by atoms with Crippen LogP contribution in [0.2, 0.25) is 0 Å². The Bertz CT molecular complexity index is 1640. The third-order valence-corrected chi connectivity index (χ3v) is 6.53. The number of amides is 1. The normalized spacial score (nSPS) is 12.4. The number of para-hydroxylation sites is 3. The van der Waals surface area contributed by atoms with E-state index in [0.29, 0.717) is 10.8 Å². The summed E-state index contributed by atoms with van der Waals surface area (Å²) >= 11 is 1.42. The Balaban J connectivity index is 1.40. The number of thiazole rings is 1. The molecule has 1 unspecified atom stereocenters. The van der Waals surface area contributed by atoms with E-state index in [0.717, 1.165) is 38.7 Å². The van der Waals surface area contributed by atoms with Crippen LogP contribution in [0.4, 0.5) is 5.13 Å². The Morgan fingerprint density at radius 3 is 2.39 bits per heavy atom. The van der Waals surface area contributed by atoms with Crippen molar-refractivity contribution in [3.05, 3.63) is 84.2 Å². The number of hydrogen-bond donors (Lipinski definition) is 1. The summed E-state index contributed by atoms with van der Waals surface area (Å²) in [5.74, 6) is -0.151. The molecule has 0 aliphatic rings. The number of carbonyl (C=O) groups is 1. The minimum atomic E-state index is -0.507. The molecule has 1 N–H and O–H groups in total. The Hall–Kier alpha value is -4.10. The van der Waals surface area contributed by atoms with Crippen LogP contribution in [0, 0.1) is 0 Å². The van der Waals surface area contributed by atoms with Crippen molar-refractivity contribution in [2.24, 2.45) is 0 Å². The first kappa shape index (κ1) is 19.6. The highest BCUT2D eigenvalue weighted by molar-refractivity contribution is 7.14. The van der Waals surface area contributed by atoms with Gasteiger partial charge in [0, 0.05) is 16.3 Å². The predicted molar refractivity (Wildman–Crippen MR) is 133 cm³/mol. The Morgan fingerprint density at radius 1 is 0.879 bits per heavy atom. The number of fused-ring (bicyclic) bond motifs is 4. The average Bonchev–Trinajstić information content (AvgIpc) is 3.45. The van der Waals surface area contributed by atoms with Gasteiger partial charge < -0.3 is 9.88 Å². The summed E-state index contributed by atoms with van der Waals surface area (Å²) in [5, 5.41) is 6.49. The van der Waals surface area contributed by atoms with Gasteiger partial charge in [0.25, 0.3) is 0 Å². The lowest BCUT2D eigenvalue weighted by Gasteiger charge is -2.15. The maximum Gasteiger partial charge on any atom is 0.249 e. The largest absolute Gasteiger partial charge is 0.312 e. The van der Waals surface area contributed by atoms with E-state index >= 15 is 0 Å². The molecule has 3 heterocycles.